The van der Waals surface area contributed by atoms with Crippen LogP contribution in [0.2, 0.25) is 0 Å². The Hall–Kier alpha value is 0.700. The molecule has 0 radical (unpaired) electrons. The van der Waals surface area contributed by atoms with Gasteiger partial charge in [0.25, 0.3) is 0 Å². The van der Waals surface area contributed by atoms with E-state index in [0.717, 1.165) is 0 Å². The van der Waals surface area contributed by atoms with Crippen molar-refractivity contribution < 1.29 is 0 Å². The van der Waals surface area contributed by atoms with Crippen molar-refractivity contribution in [2.75, 3.05) is 5.83 Å². The van der Waals surface area contributed by atoms with Gasteiger partial charge in [-0.15, -0.1) is 0 Å². The van der Waals surface area contributed by atoms with Crippen LogP contribution in [0.25, 0.3) is 0 Å². The van der Waals surface area contributed by atoms with Crippen LogP contribution < -0.4 is 0 Å². The molecular formula is C2H3BrS2. The molecule has 0 aliphatic heterocycles. The quantitative estimate of drug-likeness (QED) is 0.404. The number of hydrogen-bond donors (Lipinski definition) is 0. The van der Waals surface area contributed by atoms with Crippen LogP contribution in [-0.4, -0.2) is 10.1 Å². The van der Waals surface area contributed by atoms with Gasteiger partial charge in [-0.2, -0.15) is 0 Å². The zero-order chi connectivity index (χ0) is 4.71. The minimum absolute atomic E-state index is 1.81. The van der Waals surface area contributed by atoms with E-state index in [1.165, 1.54) is 0 Å². The van der Waals surface area contributed by atoms with Crippen molar-refractivity contribution in [3.63, 3.8) is 0 Å². The van der Waals surface area contributed by atoms with Gasteiger partial charge in [0.05, 0.1) is 0 Å². The second-order valence-corrected chi connectivity index (χ2v) is 0.750. The molecule has 0 bridgehead atoms. The van der Waals surface area contributed by atoms with Crippen molar-refractivity contribution in [3.8, 4) is 0 Å². The summed E-state index contributed by atoms with van der Waals surface area (Å²) in [6.45, 7) is 0. The van der Waals surface area contributed by atoms with Crippen molar-refractivity contribution in [1.29, 1.82) is 0 Å². The van der Waals surface area contributed by atoms with Crippen LogP contribution in [0.5, 0.6) is 0 Å². The summed E-state index contributed by atoms with van der Waals surface area (Å²) in [6, 6.07) is 0. The number of hydrogen-bond acceptors (Lipinski definition) is 2. The smallest absolute Gasteiger partial charge is 0.0297 e. The first-order valence-electron chi connectivity index (χ1n) is 0.786. The van der Waals surface area contributed by atoms with E-state index in [2.05, 4.69) is 40.4 Å². The van der Waals surface area contributed by atoms with E-state index >= 15 is 0 Å². The molecule has 0 atom stereocenters. The summed E-state index contributed by atoms with van der Waals surface area (Å²) in [6.07, 6.45) is 0. The van der Waals surface area contributed by atoms with Crippen LogP contribution in [0, 0.1) is 0 Å². The maximum Gasteiger partial charge on any atom is 0.0297 e. The first-order chi connectivity index (χ1) is 2.41. The molecule has 0 aliphatic rings. The predicted molar refractivity (Wildman–Crippen MR) is 35.0 cm³/mol. The van der Waals surface area contributed by atoms with Crippen molar-refractivity contribution in [2.45, 2.75) is 0 Å². The Labute approximate surface area is 50.7 Å². The molecule has 0 unspecified atom stereocenters. The number of thiocarbonyl (C=S) groups is 2. The van der Waals surface area contributed by atoms with E-state index in [4.69, 9.17) is 0 Å². The highest BCUT2D eigenvalue weighted by molar-refractivity contribution is 9.08. The highest BCUT2D eigenvalue weighted by Gasteiger charge is 1.01. The molecule has 0 fully saturated rings. The molecule has 5 heavy (non-hydrogen) atoms. The molecule has 3 heteroatoms. The normalized spacial score (nSPS) is 2.80. The monoisotopic (exact) mass is 170 g/mol. The standard InChI is InChI=1S/CH3Br.CS2/c1-2;2-1-3/h1H3;. The van der Waals surface area contributed by atoms with Gasteiger partial charge in [-0.3, -0.25) is 0 Å². The third kappa shape index (κ3) is 69.9. The summed E-state index contributed by atoms with van der Waals surface area (Å²) in [4.78, 5) is 0. The van der Waals surface area contributed by atoms with Crippen LogP contribution in [0.3, 0.4) is 0 Å². The molecule has 0 aromatic rings. The average Bonchev–Trinajstić information content (AvgIpc) is 1.46. The highest BCUT2D eigenvalue weighted by Crippen LogP contribution is 1.45. The van der Waals surface area contributed by atoms with Crippen LogP contribution in [0.15, 0.2) is 0 Å². The van der Waals surface area contributed by atoms with Gasteiger partial charge in [0.15, 0.2) is 0 Å². The molecule has 0 rings (SSSR count). The van der Waals surface area contributed by atoms with Gasteiger partial charge in [0, 0.05) is 4.31 Å². The molecule has 0 spiro atoms. The summed E-state index contributed by atoms with van der Waals surface area (Å²) >= 11 is 10.9. The lowest BCUT2D eigenvalue weighted by Crippen LogP contribution is -0.917. The number of halogens is 1. The first-order valence-corrected chi connectivity index (χ1v) is 3.19. The molecule has 0 saturated heterocycles. The summed E-state index contributed by atoms with van der Waals surface area (Å²) in [7, 11) is 0. The Morgan fingerprint density at radius 3 is 1.40 bits per heavy atom. The molecule has 0 N–H and O–H groups in total. The number of rotatable bonds is 0. The Balaban J connectivity index is 0. The molecular weight excluding hydrogens is 168 g/mol. The molecule has 0 nitrogen and oxygen atoms in total. The van der Waals surface area contributed by atoms with Crippen LogP contribution in [0.1, 0.15) is 0 Å². The van der Waals surface area contributed by atoms with Crippen molar-refractivity contribution in [1.82, 2.24) is 0 Å². The minimum atomic E-state index is 1.81. The van der Waals surface area contributed by atoms with Crippen molar-refractivity contribution in [3.05, 3.63) is 0 Å². The maximum atomic E-state index is 3.96. The van der Waals surface area contributed by atoms with E-state index in [-0.39, 0.29) is 0 Å². The Bertz CT molecular complexity index is 28.6. The SMILES string of the molecule is CBr.S=C=S. The summed E-state index contributed by atoms with van der Waals surface area (Å²) < 4.78 is 1.92. The molecule has 0 aromatic carbocycles. The third-order valence-electron chi connectivity index (χ3n) is 0. The second kappa shape index (κ2) is 22.3. The van der Waals surface area contributed by atoms with Gasteiger partial charge in [0.2, 0.25) is 0 Å². The Morgan fingerprint density at radius 2 is 1.40 bits per heavy atom. The average molecular weight is 171 g/mol. The number of alkyl halides is 1. The van der Waals surface area contributed by atoms with Crippen LogP contribution >= 0.6 is 40.4 Å². The van der Waals surface area contributed by atoms with Gasteiger partial charge in [-0.05, 0) is 30.3 Å². The van der Waals surface area contributed by atoms with E-state index in [1.807, 2.05) is 10.1 Å². The molecule has 0 aromatic heterocycles. The fourth-order valence-electron chi connectivity index (χ4n) is 0. The first kappa shape index (κ1) is 9.20. The van der Waals surface area contributed by atoms with Gasteiger partial charge in [-0.25, -0.2) is 0 Å². The summed E-state index contributed by atoms with van der Waals surface area (Å²) in [5.74, 6) is 1.81. The lowest BCUT2D eigenvalue weighted by Gasteiger charge is -1.05. The zero-order valence-electron chi connectivity index (χ0n) is 2.69. The highest BCUT2D eigenvalue weighted by atomic mass is 79.9. The van der Waals surface area contributed by atoms with Gasteiger partial charge >= 0.3 is 0 Å². The predicted octanol–water partition coefficient (Wildman–Crippen LogP) is 2.03. The summed E-state index contributed by atoms with van der Waals surface area (Å²) in [5.41, 5.74) is 0. The van der Waals surface area contributed by atoms with E-state index < -0.39 is 0 Å². The maximum absolute atomic E-state index is 3.96. The minimum Gasteiger partial charge on any atom is -0.0966 e. The van der Waals surface area contributed by atoms with E-state index in [9.17, 15) is 0 Å². The van der Waals surface area contributed by atoms with Crippen molar-refractivity contribution >= 4 is 44.7 Å². The Kier molecular flexibility index (Phi) is 41.0. The topological polar surface area (TPSA) is 0 Å². The third-order valence-corrected chi connectivity index (χ3v) is 0. The molecule has 0 saturated carbocycles. The van der Waals surface area contributed by atoms with E-state index in [0.29, 0.717) is 0 Å². The second-order valence-electron chi connectivity index (χ2n) is 0.0833. The van der Waals surface area contributed by atoms with Crippen LogP contribution in [0.4, 0.5) is 0 Å². The van der Waals surface area contributed by atoms with Crippen LogP contribution in [-0.2, 0) is 0 Å². The Morgan fingerprint density at radius 1 is 1.40 bits per heavy atom. The largest absolute Gasteiger partial charge is 0.0966 e. The molecule has 0 amide bonds. The molecule has 0 heterocycles. The van der Waals surface area contributed by atoms with Gasteiger partial charge < -0.3 is 0 Å². The summed E-state index contributed by atoms with van der Waals surface area (Å²) in [5, 5.41) is 0. The molecule has 30 valence electrons. The molecule has 0 aliphatic carbocycles. The lowest BCUT2D eigenvalue weighted by atomic mass is 12.0. The van der Waals surface area contributed by atoms with Crippen molar-refractivity contribution in [2.24, 2.45) is 0 Å². The zero-order valence-corrected chi connectivity index (χ0v) is 5.91. The lowest BCUT2D eigenvalue weighted by molar-refractivity contribution is 2.60. The fourth-order valence-corrected chi connectivity index (χ4v) is 0. The van der Waals surface area contributed by atoms with Gasteiger partial charge in [0.1, 0.15) is 0 Å². The van der Waals surface area contributed by atoms with Gasteiger partial charge in [-0.1, -0.05) is 15.9 Å². The van der Waals surface area contributed by atoms with E-state index in [1.54, 1.807) is 0 Å². The fraction of sp³-hybridized carbons (Fsp3) is 0.500.